The lowest BCUT2D eigenvalue weighted by atomic mass is 9.89. The van der Waals surface area contributed by atoms with Crippen molar-refractivity contribution in [2.24, 2.45) is 5.92 Å². The molecule has 22 heavy (non-hydrogen) atoms. The van der Waals surface area contributed by atoms with E-state index in [1.807, 2.05) is 0 Å². The van der Waals surface area contributed by atoms with E-state index in [0.29, 0.717) is 0 Å². The van der Waals surface area contributed by atoms with Crippen LogP contribution in [0.4, 0.5) is 0 Å². The zero-order chi connectivity index (χ0) is 15.0. The lowest BCUT2D eigenvalue weighted by Gasteiger charge is -2.26. The molecule has 1 aliphatic carbocycles. The molecule has 1 aliphatic heterocycles. The zero-order valence-electron chi connectivity index (χ0n) is 13.7. The van der Waals surface area contributed by atoms with Gasteiger partial charge in [-0.3, -0.25) is 4.90 Å². The number of nitrogens with one attached hydrogen (secondary N) is 1. The van der Waals surface area contributed by atoms with Crippen LogP contribution < -0.4 is 5.32 Å². The molecule has 0 atom stereocenters. The van der Waals surface area contributed by atoms with Crippen molar-refractivity contribution in [3.8, 4) is 0 Å². The molecule has 3 rings (SSSR count). The molecule has 0 unspecified atom stereocenters. The predicted molar refractivity (Wildman–Crippen MR) is 90.8 cm³/mol. The fourth-order valence-corrected chi connectivity index (χ4v) is 3.59. The Morgan fingerprint density at radius 1 is 0.955 bits per heavy atom. The first kappa shape index (κ1) is 16.0. The summed E-state index contributed by atoms with van der Waals surface area (Å²) in [5.74, 6) is 0.911. The molecule has 122 valence electrons. The highest BCUT2D eigenvalue weighted by atomic mass is 16.5. The lowest BCUT2D eigenvalue weighted by molar-refractivity contribution is 0.0342. The Morgan fingerprint density at radius 3 is 2.36 bits per heavy atom. The topological polar surface area (TPSA) is 24.5 Å². The van der Waals surface area contributed by atoms with Crippen LogP contribution in [0.25, 0.3) is 0 Å². The SMILES string of the molecule is c1cc(CN2CCOCC2)ccc1CNCC1CCCCC1. The fraction of sp³-hybridized carbons (Fsp3) is 0.684. The molecule has 0 bridgehead atoms. The monoisotopic (exact) mass is 302 g/mol. The Hall–Kier alpha value is -0.900. The maximum absolute atomic E-state index is 5.40. The molecule has 0 amide bonds. The number of hydrogen-bond acceptors (Lipinski definition) is 3. The molecule has 2 aliphatic rings. The van der Waals surface area contributed by atoms with Crippen LogP contribution in [0.2, 0.25) is 0 Å². The van der Waals surface area contributed by atoms with E-state index < -0.39 is 0 Å². The third kappa shape index (κ3) is 5.08. The van der Waals surface area contributed by atoms with E-state index >= 15 is 0 Å². The van der Waals surface area contributed by atoms with Crippen molar-refractivity contribution >= 4 is 0 Å². The van der Waals surface area contributed by atoms with E-state index in [4.69, 9.17) is 4.74 Å². The van der Waals surface area contributed by atoms with Gasteiger partial charge in [-0.05, 0) is 36.4 Å². The number of rotatable bonds is 6. The minimum absolute atomic E-state index is 0.878. The Labute approximate surface area is 135 Å². The van der Waals surface area contributed by atoms with Crippen molar-refractivity contribution in [2.75, 3.05) is 32.8 Å². The van der Waals surface area contributed by atoms with Crippen LogP contribution >= 0.6 is 0 Å². The van der Waals surface area contributed by atoms with Crippen LogP contribution in [0.15, 0.2) is 24.3 Å². The molecular weight excluding hydrogens is 272 g/mol. The molecule has 1 aromatic carbocycles. The molecule has 1 heterocycles. The summed E-state index contributed by atoms with van der Waals surface area (Å²) in [6, 6.07) is 9.13. The number of morpholine rings is 1. The third-order valence-corrected chi connectivity index (χ3v) is 5.02. The second-order valence-electron chi connectivity index (χ2n) is 6.84. The van der Waals surface area contributed by atoms with Gasteiger partial charge in [0.25, 0.3) is 0 Å². The maximum atomic E-state index is 5.40. The fourth-order valence-electron chi connectivity index (χ4n) is 3.59. The summed E-state index contributed by atoms with van der Waals surface area (Å²) in [4.78, 5) is 2.47. The summed E-state index contributed by atoms with van der Waals surface area (Å²) in [5.41, 5.74) is 2.82. The summed E-state index contributed by atoms with van der Waals surface area (Å²) in [5, 5.41) is 3.65. The van der Waals surface area contributed by atoms with E-state index in [9.17, 15) is 0 Å². The Kier molecular flexibility index (Phi) is 6.29. The normalized spacial score (nSPS) is 21.1. The van der Waals surface area contributed by atoms with Gasteiger partial charge in [0.05, 0.1) is 13.2 Å². The highest BCUT2D eigenvalue weighted by molar-refractivity contribution is 5.22. The highest BCUT2D eigenvalue weighted by Crippen LogP contribution is 2.22. The van der Waals surface area contributed by atoms with Gasteiger partial charge in [-0.25, -0.2) is 0 Å². The van der Waals surface area contributed by atoms with Gasteiger partial charge >= 0.3 is 0 Å². The van der Waals surface area contributed by atoms with Crippen molar-refractivity contribution < 1.29 is 4.74 Å². The smallest absolute Gasteiger partial charge is 0.0594 e. The van der Waals surface area contributed by atoms with E-state index in [0.717, 1.165) is 45.3 Å². The summed E-state index contributed by atoms with van der Waals surface area (Å²) >= 11 is 0. The lowest BCUT2D eigenvalue weighted by Crippen LogP contribution is -2.35. The van der Waals surface area contributed by atoms with Crippen LogP contribution in [0.5, 0.6) is 0 Å². The van der Waals surface area contributed by atoms with E-state index in [1.165, 1.54) is 49.8 Å². The Morgan fingerprint density at radius 2 is 1.64 bits per heavy atom. The summed E-state index contributed by atoms with van der Waals surface area (Å²) in [7, 11) is 0. The van der Waals surface area contributed by atoms with Gasteiger partial charge in [-0.2, -0.15) is 0 Å². The molecule has 0 spiro atoms. The minimum Gasteiger partial charge on any atom is -0.379 e. The van der Waals surface area contributed by atoms with Crippen molar-refractivity contribution in [2.45, 2.75) is 45.2 Å². The number of hydrogen-bond donors (Lipinski definition) is 1. The van der Waals surface area contributed by atoms with Crippen molar-refractivity contribution in [1.82, 2.24) is 10.2 Å². The van der Waals surface area contributed by atoms with Gasteiger partial charge in [-0.1, -0.05) is 43.5 Å². The first-order chi connectivity index (χ1) is 10.9. The summed E-state index contributed by atoms with van der Waals surface area (Å²) in [6.07, 6.45) is 7.16. The largest absolute Gasteiger partial charge is 0.379 e. The standard InChI is InChI=1S/C19H30N2O/c1-2-4-17(5-3-1)14-20-15-18-6-8-19(9-7-18)16-21-10-12-22-13-11-21/h6-9,17,20H,1-5,10-16H2. The maximum Gasteiger partial charge on any atom is 0.0594 e. The highest BCUT2D eigenvalue weighted by Gasteiger charge is 2.13. The van der Waals surface area contributed by atoms with Gasteiger partial charge in [0.2, 0.25) is 0 Å². The molecule has 3 heteroatoms. The molecule has 0 aromatic heterocycles. The van der Waals surface area contributed by atoms with E-state index in [2.05, 4.69) is 34.5 Å². The molecule has 0 radical (unpaired) electrons. The summed E-state index contributed by atoms with van der Waals surface area (Å²) in [6.45, 7) is 7.13. The van der Waals surface area contributed by atoms with Crippen molar-refractivity contribution in [1.29, 1.82) is 0 Å². The average molecular weight is 302 g/mol. The van der Waals surface area contributed by atoms with Crippen LogP contribution in [0.3, 0.4) is 0 Å². The van der Waals surface area contributed by atoms with Crippen LogP contribution in [-0.2, 0) is 17.8 Å². The van der Waals surface area contributed by atoms with Gasteiger partial charge < -0.3 is 10.1 Å². The van der Waals surface area contributed by atoms with E-state index in [1.54, 1.807) is 0 Å². The number of benzene rings is 1. The van der Waals surface area contributed by atoms with Crippen molar-refractivity contribution in [3.63, 3.8) is 0 Å². The molecule has 1 saturated heterocycles. The molecule has 2 fully saturated rings. The van der Waals surface area contributed by atoms with Crippen LogP contribution in [-0.4, -0.2) is 37.7 Å². The van der Waals surface area contributed by atoms with Gasteiger partial charge in [0.1, 0.15) is 0 Å². The van der Waals surface area contributed by atoms with Crippen LogP contribution in [0, 0.1) is 5.92 Å². The third-order valence-electron chi connectivity index (χ3n) is 5.02. The molecule has 1 aromatic rings. The first-order valence-corrected chi connectivity index (χ1v) is 8.99. The Bertz CT molecular complexity index is 420. The Balaban J connectivity index is 1.39. The number of ether oxygens (including phenoxy) is 1. The number of nitrogens with zero attached hydrogens (tertiary/aromatic N) is 1. The average Bonchev–Trinajstić information content (AvgIpc) is 2.58. The molecule has 1 N–H and O–H groups in total. The van der Waals surface area contributed by atoms with Gasteiger partial charge in [-0.15, -0.1) is 0 Å². The van der Waals surface area contributed by atoms with Crippen LogP contribution in [0.1, 0.15) is 43.2 Å². The second-order valence-corrected chi connectivity index (χ2v) is 6.84. The van der Waals surface area contributed by atoms with Gasteiger partial charge in [0, 0.05) is 26.2 Å². The minimum atomic E-state index is 0.878. The first-order valence-electron chi connectivity index (χ1n) is 8.99. The zero-order valence-corrected chi connectivity index (χ0v) is 13.7. The van der Waals surface area contributed by atoms with E-state index in [-0.39, 0.29) is 0 Å². The van der Waals surface area contributed by atoms with Crippen molar-refractivity contribution in [3.05, 3.63) is 35.4 Å². The molecule has 1 saturated carbocycles. The quantitative estimate of drug-likeness (QED) is 0.873. The predicted octanol–water partition coefficient (Wildman–Crippen LogP) is 3.19. The molecule has 3 nitrogen and oxygen atoms in total. The molecular formula is C19H30N2O. The second kappa shape index (κ2) is 8.66. The summed E-state index contributed by atoms with van der Waals surface area (Å²) < 4.78 is 5.40. The van der Waals surface area contributed by atoms with Gasteiger partial charge in [0.15, 0.2) is 0 Å².